The SMILES string of the molecule is O=CC(=O)C1CN(CP(=O)(O)O)CCN1. The van der Waals surface area contributed by atoms with Gasteiger partial charge in [-0.15, -0.1) is 0 Å². The molecule has 7 nitrogen and oxygen atoms in total. The lowest BCUT2D eigenvalue weighted by Crippen LogP contribution is -2.54. The molecule has 1 fully saturated rings. The number of hydrogen-bond donors (Lipinski definition) is 3. The number of piperazine rings is 1. The number of Topliss-reactive ketones (excluding diaryl/α,β-unsaturated/α-hetero) is 1. The minimum Gasteiger partial charge on any atom is -0.324 e. The molecule has 0 radical (unpaired) electrons. The van der Waals surface area contributed by atoms with Crippen molar-refractivity contribution >= 4 is 19.7 Å². The summed E-state index contributed by atoms with van der Waals surface area (Å²) >= 11 is 0. The fourth-order valence-electron chi connectivity index (χ4n) is 1.47. The van der Waals surface area contributed by atoms with Gasteiger partial charge in [0.1, 0.15) is 6.29 Å². The quantitative estimate of drug-likeness (QED) is 0.299. The predicted octanol–water partition coefficient (Wildman–Crippen LogP) is -1.84. The Hall–Kier alpha value is -0.590. The normalized spacial score (nSPS) is 23.7. The van der Waals surface area contributed by atoms with Crippen molar-refractivity contribution in [3.05, 3.63) is 0 Å². The van der Waals surface area contributed by atoms with Crippen LogP contribution in [0.3, 0.4) is 0 Å². The van der Waals surface area contributed by atoms with Gasteiger partial charge in [-0.25, -0.2) is 0 Å². The topological polar surface area (TPSA) is 107 Å². The van der Waals surface area contributed by atoms with Gasteiger partial charge >= 0.3 is 7.60 Å². The van der Waals surface area contributed by atoms with Crippen molar-refractivity contribution in [2.24, 2.45) is 0 Å². The van der Waals surface area contributed by atoms with Crippen LogP contribution in [0.4, 0.5) is 0 Å². The Bertz CT molecular complexity index is 302. The molecular weight excluding hydrogens is 223 g/mol. The highest BCUT2D eigenvalue weighted by Crippen LogP contribution is 2.35. The van der Waals surface area contributed by atoms with E-state index in [2.05, 4.69) is 5.32 Å². The zero-order valence-electron chi connectivity index (χ0n) is 8.00. The molecule has 0 spiro atoms. The van der Waals surface area contributed by atoms with Crippen LogP contribution < -0.4 is 5.32 Å². The van der Waals surface area contributed by atoms with E-state index in [1.807, 2.05) is 0 Å². The molecule has 15 heavy (non-hydrogen) atoms. The van der Waals surface area contributed by atoms with Crippen LogP contribution in [0.5, 0.6) is 0 Å². The van der Waals surface area contributed by atoms with Crippen LogP contribution in [0, 0.1) is 0 Å². The summed E-state index contributed by atoms with van der Waals surface area (Å²) in [5.74, 6) is -0.592. The molecule has 0 amide bonds. The Balaban J connectivity index is 2.53. The first kappa shape index (κ1) is 12.5. The minimum absolute atomic E-state index is 0.155. The number of ketones is 1. The van der Waals surface area contributed by atoms with Crippen molar-refractivity contribution in [3.63, 3.8) is 0 Å². The molecule has 1 atom stereocenters. The number of rotatable bonds is 4. The third-order valence-electron chi connectivity index (χ3n) is 2.10. The second kappa shape index (κ2) is 4.96. The maximum absolute atomic E-state index is 11.0. The molecule has 0 aromatic rings. The van der Waals surface area contributed by atoms with Gasteiger partial charge in [0.2, 0.25) is 5.78 Å². The first-order valence-electron chi connectivity index (χ1n) is 4.42. The van der Waals surface area contributed by atoms with Gasteiger partial charge in [0.15, 0.2) is 6.29 Å². The first-order valence-corrected chi connectivity index (χ1v) is 6.21. The Kier molecular flexibility index (Phi) is 4.12. The van der Waals surface area contributed by atoms with Crippen LogP contribution in [0.25, 0.3) is 0 Å². The average Bonchev–Trinajstić information content (AvgIpc) is 2.14. The average molecular weight is 236 g/mol. The van der Waals surface area contributed by atoms with Crippen LogP contribution in [-0.4, -0.2) is 58.7 Å². The van der Waals surface area contributed by atoms with Gasteiger partial charge in [0.25, 0.3) is 0 Å². The summed E-state index contributed by atoms with van der Waals surface area (Å²) in [6.45, 7) is 1.04. The van der Waals surface area contributed by atoms with Crippen LogP contribution in [-0.2, 0) is 14.2 Å². The van der Waals surface area contributed by atoms with E-state index in [4.69, 9.17) is 9.79 Å². The van der Waals surface area contributed by atoms with Gasteiger partial charge in [0.05, 0.1) is 6.04 Å². The van der Waals surface area contributed by atoms with Crippen LogP contribution in [0.2, 0.25) is 0 Å². The van der Waals surface area contributed by atoms with E-state index in [1.54, 1.807) is 0 Å². The number of nitrogens with one attached hydrogen (secondary N) is 1. The maximum Gasteiger partial charge on any atom is 0.339 e. The van der Waals surface area contributed by atoms with Gasteiger partial charge in [-0.3, -0.25) is 19.1 Å². The van der Waals surface area contributed by atoms with Gasteiger partial charge in [-0.05, 0) is 0 Å². The zero-order chi connectivity index (χ0) is 11.5. The van der Waals surface area contributed by atoms with E-state index >= 15 is 0 Å². The molecule has 1 rings (SSSR count). The fraction of sp³-hybridized carbons (Fsp3) is 0.714. The highest BCUT2D eigenvalue weighted by Gasteiger charge is 2.28. The molecule has 1 heterocycles. The molecular formula is C7H13N2O5P. The van der Waals surface area contributed by atoms with Gasteiger partial charge < -0.3 is 15.1 Å². The summed E-state index contributed by atoms with van der Waals surface area (Å²) < 4.78 is 10.7. The van der Waals surface area contributed by atoms with Crippen molar-refractivity contribution in [1.29, 1.82) is 0 Å². The Morgan fingerprint density at radius 3 is 2.80 bits per heavy atom. The predicted molar refractivity (Wildman–Crippen MR) is 51.3 cm³/mol. The highest BCUT2D eigenvalue weighted by atomic mass is 31.2. The summed E-state index contributed by atoms with van der Waals surface area (Å²) in [5, 5.41) is 2.81. The van der Waals surface area contributed by atoms with E-state index < -0.39 is 19.4 Å². The molecule has 1 aliphatic rings. The van der Waals surface area contributed by atoms with E-state index in [0.717, 1.165) is 0 Å². The fourth-order valence-corrected chi connectivity index (χ4v) is 2.25. The molecule has 0 aromatic carbocycles. The van der Waals surface area contributed by atoms with Crippen LogP contribution in [0.15, 0.2) is 0 Å². The van der Waals surface area contributed by atoms with Crippen molar-refractivity contribution in [2.75, 3.05) is 25.9 Å². The molecule has 0 bridgehead atoms. The highest BCUT2D eigenvalue weighted by molar-refractivity contribution is 7.51. The second-order valence-electron chi connectivity index (χ2n) is 3.41. The molecule has 1 saturated heterocycles. The molecule has 0 saturated carbocycles. The number of nitrogens with zero attached hydrogens (tertiary/aromatic N) is 1. The molecule has 86 valence electrons. The molecule has 1 aliphatic heterocycles. The Morgan fingerprint density at radius 2 is 2.27 bits per heavy atom. The largest absolute Gasteiger partial charge is 0.339 e. The smallest absolute Gasteiger partial charge is 0.324 e. The molecule has 8 heteroatoms. The number of aldehydes is 1. The Morgan fingerprint density at radius 1 is 1.60 bits per heavy atom. The molecule has 1 unspecified atom stereocenters. The Labute approximate surface area is 86.6 Å². The molecule has 3 N–H and O–H groups in total. The zero-order valence-corrected chi connectivity index (χ0v) is 8.89. The van der Waals surface area contributed by atoms with E-state index in [-0.39, 0.29) is 19.1 Å². The van der Waals surface area contributed by atoms with Crippen molar-refractivity contribution in [2.45, 2.75) is 6.04 Å². The van der Waals surface area contributed by atoms with Crippen LogP contribution in [0.1, 0.15) is 0 Å². The summed E-state index contributed by atoms with van der Waals surface area (Å²) in [6.07, 6.45) is -0.157. The van der Waals surface area contributed by atoms with Crippen molar-refractivity contribution < 1.29 is 23.9 Å². The van der Waals surface area contributed by atoms with Crippen LogP contribution >= 0.6 is 7.60 Å². The van der Waals surface area contributed by atoms with Gasteiger partial charge in [-0.2, -0.15) is 0 Å². The lowest BCUT2D eigenvalue weighted by Gasteiger charge is -2.31. The lowest BCUT2D eigenvalue weighted by molar-refractivity contribution is -0.131. The molecule has 0 aromatic heterocycles. The summed E-state index contributed by atoms with van der Waals surface area (Å²) in [7, 11) is -4.10. The lowest BCUT2D eigenvalue weighted by atomic mass is 10.1. The standard InChI is InChI=1S/C7H13N2O5P/c10-4-7(11)6-3-9(2-1-8-6)5-15(12,13)14/h4,6,8H,1-3,5H2,(H2,12,13,14). The van der Waals surface area contributed by atoms with E-state index in [0.29, 0.717) is 13.1 Å². The molecule has 0 aliphatic carbocycles. The van der Waals surface area contributed by atoms with E-state index in [9.17, 15) is 14.2 Å². The third-order valence-corrected chi connectivity index (χ3v) is 2.87. The number of carbonyl (C=O) groups excluding carboxylic acids is 2. The first-order chi connectivity index (χ1) is 6.92. The van der Waals surface area contributed by atoms with E-state index in [1.165, 1.54) is 4.90 Å². The third kappa shape index (κ3) is 4.19. The maximum atomic E-state index is 11.0. The van der Waals surface area contributed by atoms with Crippen molar-refractivity contribution in [1.82, 2.24) is 10.2 Å². The number of carbonyl (C=O) groups is 2. The second-order valence-corrected chi connectivity index (χ2v) is 5.02. The number of hydrogen-bond acceptors (Lipinski definition) is 5. The summed E-state index contributed by atoms with van der Waals surface area (Å²) in [4.78, 5) is 40.2. The summed E-state index contributed by atoms with van der Waals surface area (Å²) in [5.41, 5.74) is 0. The summed E-state index contributed by atoms with van der Waals surface area (Å²) in [6, 6.07) is -0.650. The monoisotopic (exact) mass is 236 g/mol. The van der Waals surface area contributed by atoms with Gasteiger partial charge in [0, 0.05) is 19.6 Å². The van der Waals surface area contributed by atoms with Crippen molar-refractivity contribution in [3.8, 4) is 0 Å². The van der Waals surface area contributed by atoms with Gasteiger partial charge in [-0.1, -0.05) is 0 Å². The minimum atomic E-state index is -4.10.